The van der Waals surface area contributed by atoms with Crippen molar-refractivity contribution >= 4 is 11.5 Å². The summed E-state index contributed by atoms with van der Waals surface area (Å²) in [5, 5.41) is 10.0. The molecule has 0 spiro atoms. The largest absolute Gasteiger partial charge is 0.384 e. The highest BCUT2D eigenvalue weighted by atomic mass is 15.2. The third-order valence-corrected chi connectivity index (χ3v) is 4.27. The molecule has 0 atom stereocenters. The summed E-state index contributed by atoms with van der Waals surface area (Å²) in [6.07, 6.45) is 7.63. The Labute approximate surface area is 140 Å². The fourth-order valence-corrected chi connectivity index (χ4v) is 2.83. The molecule has 1 saturated heterocycles. The number of rotatable bonds is 10. The molecule has 1 fully saturated rings. The Kier molecular flexibility index (Phi) is 8.11. The second-order valence-electron chi connectivity index (χ2n) is 6.13. The lowest BCUT2D eigenvalue weighted by atomic mass is 10.2. The number of hydrogen-bond donors (Lipinski definition) is 3. The van der Waals surface area contributed by atoms with E-state index in [4.69, 9.17) is 4.98 Å². The van der Waals surface area contributed by atoms with E-state index in [1.807, 2.05) is 13.2 Å². The first-order valence-electron chi connectivity index (χ1n) is 9.04. The summed E-state index contributed by atoms with van der Waals surface area (Å²) >= 11 is 0. The third kappa shape index (κ3) is 6.31. The van der Waals surface area contributed by atoms with Crippen molar-refractivity contribution in [3.8, 4) is 0 Å². The van der Waals surface area contributed by atoms with Gasteiger partial charge < -0.3 is 20.9 Å². The maximum Gasteiger partial charge on any atom is 0.153 e. The standard InChI is InChI=1S/C17H32N6/c1-3-4-5-7-16-21-14-15(18-2)17(22-16)20-8-6-11-23-12-9-19-10-13-23/h14,18-19H,3-13H2,1-2H3,(H,20,21,22). The van der Waals surface area contributed by atoms with Crippen LogP contribution in [0.2, 0.25) is 0 Å². The Morgan fingerprint density at radius 1 is 1.22 bits per heavy atom. The first kappa shape index (κ1) is 17.9. The van der Waals surface area contributed by atoms with Crippen LogP contribution in [-0.4, -0.2) is 61.2 Å². The molecular formula is C17H32N6. The summed E-state index contributed by atoms with van der Waals surface area (Å²) < 4.78 is 0. The Morgan fingerprint density at radius 2 is 2.04 bits per heavy atom. The van der Waals surface area contributed by atoms with Crippen molar-refractivity contribution in [3.05, 3.63) is 12.0 Å². The van der Waals surface area contributed by atoms with Gasteiger partial charge in [-0.05, 0) is 19.4 Å². The van der Waals surface area contributed by atoms with E-state index in [0.29, 0.717) is 0 Å². The van der Waals surface area contributed by atoms with Crippen LogP contribution in [0.4, 0.5) is 11.5 Å². The summed E-state index contributed by atoms with van der Waals surface area (Å²) in [7, 11) is 1.92. The zero-order chi connectivity index (χ0) is 16.3. The van der Waals surface area contributed by atoms with Gasteiger partial charge in [0.1, 0.15) is 5.82 Å². The molecule has 1 aliphatic heterocycles. The fraction of sp³-hybridized carbons (Fsp3) is 0.765. The van der Waals surface area contributed by atoms with E-state index in [0.717, 1.165) is 75.9 Å². The number of aryl methyl sites for hydroxylation is 1. The first-order valence-corrected chi connectivity index (χ1v) is 9.04. The summed E-state index contributed by atoms with van der Waals surface area (Å²) in [5.74, 6) is 1.89. The van der Waals surface area contributed by atoms with Gasteiger partial charge in [0, 0.05) is 46.2 Å². The fourth-order valence-electron chi connectivity index (χ4n) is 2.83. The number of nitrogens with zero attached hydrogens (tertiary/aromatic N) is 3. The van der Waals surface area contributed by atoms with Crippen LogP contribution in [0.1, 0.15) is 38.4 Å². The highest BCUT2D eigenvalue weighted by Gasteiger charge is 2.09. The molecule has 3 N–H and O–H groups in total. The molecule has 0 bridgehead atoms. The average Bonchev–Trinajstić information content (AvgIpc) is 2.60. The lowest BCUT2D eigenvalue weighted by molar-refractivity contribution is 0.240. The smallest absolute Gasteiger partial charge is 0.153 e. The molecule has 0 amide bonds. The summed E-state index contributed by atoms with van der Waals surface area (Å²) in [6.45, 7) is 8.88. The van der Waals surface area contributed by atoms with Crippen molar-refractivity contribution in [3.63, 3.8) is 0 Å². The van der Waals surface area contributed by atoms with Crippen LogP contribution in [0.3, 0.4) is 0 Å². The molecule has 0 aromatic carbocycles. The molecule has 0 unspecified atom stereocenters. The van der Waals surface area contributed by atoms with Gasteiger partial charge in [0.15, 0.2) is 5.82 Å². The minimum absolute atomic E-state index is 0.939. The predicted molar refractivity (Wildman–Crippen MR) is 97.2 cm³/mol. The van der Waals surface area contributed by atoms with Crippen molar-refractivity contribution in [2.45, 2.75) is 39.0 Å². The van der Waals surface area contributed by atoms with Crippen molar-refractivity contribution in [2.75, 3.05) is 56.9 Å². The molecule has 2 rings (SSSR count). The summed E-state index contributed by atoms with van der Waals surface area (Å²) in [5.41, 5.74) is 0.978. The molecule has 23 heavy (non-hydrogen) atoms. The van der Waals surface area contributed by atoms with Gasteiger partial charge in [0.25, 0.3) is 0 Å². The average molecular weight is 320 g/mol. The van der Waals surface area contributed by atoms with E-state index in [1.54, 1.807) is 0 Å². The van der Waals surface area contributed by atoms with E-state index in [2.05, 4.69) is 32.8 Å². The highest BCUT2D eigenvalue weighted by molar-refractivity contribution is 5.62. The van der Waals surface area contributed by atoms with Crippen LogP contribution >= 0.6 is 0 Å². The Morgan fingerprint density at radius 3 is 2.78 bits per heavy atom. The second kappa shape index (κ2) is 10.4. The Bertz CT molecular complexity index is 445. The number of hydrogen-bond acceptors (Lipinski definition) is 6. The van der Waals surface area contributed by atoms with Gasteiger partial charge in [-0.2, -0.15) is 0 Å². The van der Waals surface area contributed by atoms with Crippen LogP contribution in [0.15, 0.2) is 6.20 Å². The molecule has 1 aromatic heterocycles. The van der Waals surface area contributed by atoms with Gasteiger partial charge in [-0.1, -0.05) is 19.8 Å². The predicted octanol–water partition coefficient (Wildman–Crippen LogP) is 1.96. The van der Waals surface area contributed by atoms with Gasteiger partial charge in [-0.25, -0.2) is 9.97 Å². The van der Waals surface area contributed by atoms with Crippen molar-refractivity contribution in [2.24, 2.45) is 0 Å². The Hall–Kier alpha value is -1.40. The van der Waals surface area contributed by atoms with E-state index >= 15 is 0 Å². The van der Waals surface area contributed by atoms with Gasteiger partial charge in [0.05, 0.1) is 11.9 Å². The van der Waals surface area contributed by atoms with Gasteiger partial charge in [-0.15, -0.1) is 0 Å². The van der Waals surface area contributed by atoms with Gasteiger partial charge in [0.2, 0.25) is 0 Å². The van der Waals surface area contributed by atoms with Gasteiger partial charge >= 0.3 is 0 Å². The van der Waals surface area contributed by atoms with Crippen molar-refractivity contribution in [1.82, 2.24) is 20.2 Å². The van der Waals surface area contributed by atoms with Crippen LogP contribution in [0.5, 0.6) is 0 Å². The number of unbranched alkanes of at least 4 members (excludes halogenated alkanes) is 2. The lowest BCUT2D eigenvalue weighted by Crippen LogP contribution is -2.44. The molecule has 1 aromatic rings. The molecule has 0 aliphatic carbocycles. The molecule has 1 aliphatic rings. The van der Waals surface area contributed by atoms with Crippen LogP contribution in [-0.2, 0) is 6.42 Å². The number of anilines is 2. The lowest BCUT2D eigenvalue weighted by Gasteiger charge is -2.27. The van der Waals surface area contributed by atoms with Crippen molar-refractivity contribution in [1.29, 1.82) is 0 Å². The van der Waals surface area contributed by atoms with Gasteiger partial charge in [-0.3, -0.25) is 0 Å². The van der Waals surface area contributed by atoms with E-state index < -0.39 is 0 Å². The molecule has 0 radical (unpaired) electrons. The second-order valence-corrected chi connectivity index (χ2v) is 6.13. The van der Waals surface area contributed by atoms with Crippen molar-refractivity contribution < 1.29 is 0 Å². The number of aromatic nitrogens is 2. The normalized spacial score (nSPS) is 15.6. The van der Waals surface area contributed by atoms with Crippen LogP contribution in [0, 0.1) is 0 Å². The Balaban J connectivity index is 1.78. The van der Waals surface area contributed by atoms with Crippen LogP contribution < -0.4 is 16.0 Å². The topological polar surface area (TPSA) is 65.1 Å². The quantitative estimate of drug-likeness (QED) is 0.573. The minimum atomic E-state index is 0.939. The third-order valence-electron chi connectivity index (χ3n) is 4.27. The summed E-state index contributed by atoms with van der Waals surface area (Å²) in [6, 6.07) is 0. The minimum Gasteiger partial charge on any atom is -0.384 e. The number of piperazine rings is 1. The van der Waals surface area contributed by atoms with E-state index in [9.17, 15) is 0 Å². The zero-order valence-electron chi connectivity index (χ0n) is 14.7. The molecule has 6 nitrogen and oxygen atoms in total. The van der Waals surface area contributed by atoms with Crippen LogP contribution in [0.25, 0.3) is 0 Å². The van der Waals surface area contributed by atoms with E-state index in [1.165, 1.54) is 12.8 Å². The highest BCUT2D eigenvalue weighted by Crippen LogP contribution is 2.18. The first-order chi connectivity index (χ1) is 11.3. The molecule has 6 heteroatoms. The molecule has 0 saturated carbocycles. The maximum atomic E-state index is 4.69. The number of nitrogens with one attached hydrogen (secondary N) is 3. The molecule has 2 heterocycles. The summed E-state index contributed by atoms with van der Waals surface area (Å²) in [4.78, 5) is 11.7. The maximum absolute atomic E-state index is 4.69. The zero-order valence-corrected chi connectivity index (χ0v) is 14.7. The molecule has 130 valence electrons. The molecular weight excluding hydrogens is 288 g/mol. The SMILES string of the molecule is CCCCCc1ncc(NC)c(NCCCN2CCNCC2)n1. The monoisotopic (exact) mass is 320 g/mol. The van der Waals surface area contributed by atoms with E-state index in [-0.39, 0.29) is 0 Å².